The minimum atomic E-state index is -2.32. The molecule has 3 aromatic rings. The van der Waals surface area contributed by atoms with Crippen molar-refractivity contribution in [1.29, 1.82) is 0 Å². The van der Waals surface area contributed by atoms with Crippen LogP contribution in [0.1, 0.15) is 11.1 Å². The van der Waals surface area contributed by atoms with Crippen molar-refractivity contribution in [3.63, 3.8) is 0 Å². The summed E-state index contributed by atoms with van der Waals surface area (Å²) >= 11 is -2.32. The molecule has 0 saturated carbocycles. The molecular formula is C19H13LiO4S. The van der Waals surface area contributed by atoms with Crippen molar-refractivity contribution in [1.82, 2.24) is 0 Å². The molecule has 1 unspecified atom stereocenters. The van der Waals surface area contributed by atoms with Crippen LogP contribution in [-0.2, 0) is 16.9 Å². The summed E-state index contributed by atoms with van der Waals surface area (Å²) in [4.78, 5) is 0.161. The van der Waals surface area contributed by atoms with E-state index in [0.29, 0.717) is 11.5 Å². The Morgan fingerprint density at radius 3 is 1.80 bits per heavy atom. The number of hydrogen-bond donors (Lipinski definition) is 0. The van der Waals surface area contributed by atoms with Crippen LogP contribution in [0.15, 0.2) is 83.8 Å². The van der Waals surface area contributed by atoms with Crippen LogP contribution in [0.5, 0.6) is 11.5 Å². The molecule has 0 saturated heterocycles. The summed E-state index contributed by atoms with van der Waals surface area (Å²) in [5.41, 5.74) is 1.66. The van der Waals surface area contributed by atoms with Gasteiger partial charge in [0.1, 0.15) is 0 Å². The molecule has 4 nitrogen and oxygen atoms in total. The SMILES string of the molecule is O=S([O-])c1ccc2c(c1)OC(c1ccccc1)(c1ccccc1)O2.[Li+]. The van der Waals surface area contributed by atoms with Gasteiger partial charge in [-0.25, -0.2) is 0 Å². The maximum absolute atomic E-state index is 11.2. The molecule has 1 aliphatic rings. The summed E-state index contributed by atoms with van der Waals surface area (Å²) in [6, 6.07) is 23.8. The third kappa shape index (κ3) is 3.12. The van der Waals surface area contributed by atoms with E-state index in [9.17, 15) is 8.76 Å². The molecule has 0 N–H and O–H groups in total. The fraction of sp³-hybridized carbons (Fsp3) is 0.0526. The number of ether oxygens (including phenoxy) is 2. The average Bonchev–Trinajstić information content (AvgIpc) is 3.03. The Morgan fingerprint density at radius 2 is 1.28 bits per heavy atom. The molecular weight excluding hydrogens is 331 g/mol. The standard InChI is InChI=1S/C19H14O4S.Li/c20-24(21)16-11-12-17-18(13-16)23-19(22-17,14-7-3-1-4-8-14)15-9-5-2-6-10-15;/h1-13H,(H,20,21);/q;+1/p-1. The topological polar surface area (TPSA) is 58.6 Å². The molecule has 4 rings (SSSR count). The van der Waals surface area contributed by atoms with Gasteiger partial charge in [0.15, 0.2) is 11.5 Å². The van der Waals surface area contributed by atoms with Gasteiger partial charge < -0.3 is 14.0 Å². The van der Waals surface area contributed by atoms with Gasteiger partial charge in [-0.1, -0.05) is 60.7 Å². The Labute approximate surface area is 160 Å². The second-order valence-corrected chi connectivity index (χ2v) is 6.34. The molecule has 0 fully saturated rings. The van der Waals surface area contributed by atoms with Gasteiger partial charge in [0.05, 0.1) is 0 Å². The van der Waals surface area contributed by atoms with E-state index in [-0.39, 0.29) is 23.8 Å². The van der Waals surface area contributed by atoms with Crippen LogP contribution in [0.25, 0.3) is 0 Å². The summed E-state index contributed by atoms with van der Waals surface area (Å²) in [6.45, 7) is 0. The largest absolute Gasteiger partial charge is 1.00 e. The van der Waals surface area contributed by atoms with Gasteiger partial charge in [-0.3, -0.25) is 4.21 Å². The molecule has 0 aromatic heterocycles. The van der Waals surface area contributed by atoms with Crippen molar-refractivity contribution in [3.05, 3.63) is 90.0 Å². The quantitative estimate of drug-likeness (QED) is 0.516. The van der Waals surface area contributed by atoms with Crippen LogP contribution in [0.3, 0.4) is 0 Å². The Kier molecular flexibility index (Phi) is 5.03. The van der Waals surface area contributed by atoms with E-state index in [4.69, 9.17) is 9.47 Å². The molecule has 0 spiro atoms. The Morgan fingerprint density at radius 1 is 0.760 bits per heavy atom. The van der Waals surface area contributed by atoms with E-state index < -0.39 is 16.9 Å². The van der Waals surface area contributed by atoms with Gasteiger partial charge >= 0.3 is 24.6 Å². The van der Waals surface area contributed by atoms with Crippen LogP contribution in [-0.4, -0.2) is 8.76 Å². The number of hydrogen-bond acceptors (Lipinski definition) is 4. The predicted octanol–water partition coefficient (Wildman–Crippen LogP) is 0.601. The normalized spacial score (nSPS) is 15.2. The third-order valence-corrected chi connectivity index (χ3v) is 4.56. The summed E-state index contributed by atoms with van der Waals surface area (Å²) < 4.78 is 34.8. The Hall–Kier alpha value is -2.03. The molecule has 25 heavy (non-hydrogen) atoms. The van der Waals surface area contributed by atoms with Crippen LogP contribution in [0.4, 0.5) is 0 Å². The molecule has 0 aliphatic carbocycles. The molecule has 0 radical (unpaired) electrons. The Bertz CT molecular complexity index is 860. The number of fused-ring (bicyclic) bond motifs is 1. The van der Waals surface area contributed by atoms with E-state index in [1.165, 1.54) is 12.1 Å². The minimum absolute atomic E-state index is 0. The first-order valence-corrected chi connectivity index (χ1v) is 8.49. The van der Waals surface area contributed by atoms with E-state index in [0.717, 1.165) is 11.1 Å². The zero-order valence-corrected chi connectivity index (χ0v) is 14.4. The molecule has 120 valence electrons. The van der Waals surface area contributed by atoms with E-state index in [1.54, 1.807) is 6.07 Å². The van der Waals surface area contributed by atoms with Crippen molar-refractivity contribution in [2.75, 3.05) is 0 Å². The van der Waals surface area contributed by atoms with Crippen molar-refractivity contribution in [3.8, 4) is 11.5 Å². The van der Waals surface area contributed by atoms with Crippen LogP contribution < -0.4 is 28.3 Å². The maximum atomic E-state index is 11.2. The maximum Gasteiger partial charge on any atom is 1.00 e. The van der Waals surface area contributed by atoms with Gasteiger partial charge in [-0.15, -0.1) is 0 Å². The molecule has 1 aliphatic heterocycles. The van der Waals surface area contributed by atoms with Crippen LogP contribution in [0.2, 0.25) is 0 Å². The fourth-order valence-electron chi connectivity index (χ4n) is 2.80. The number of rotatable bonds is 3. The zero-order valence-electron chi connectivity index (χ0n) is 13.5. The van der Waals surface area contributed by atoms with E-state index in [1.807, 2.05) is 60.7 Å². The van der Waals surface area contributed by atoms with Crippen LogP contribution in [0, 0.1) is 0 Å². The van der Waals surface area contributed by atoms with Crippen molar-refractivity contribution < 1.29 is 37.1 Å². The minimum Gasteiger partial charge on any atom is -0.768 e. The second-order valence-electron chi connectivity index (χ2n) is 5.40. The smallest absolute Gasteiger partial charge is 0.768 e. The van der Waals surface area contributed by atoms with Gasteiger partial charge in [0.2, 0.25) is 0 Å². The summed E-state index contributed by atoms with van der Waals surface area (Å²) in [7, 11) is 0. The molecule has 3 aromatic carbocycles. The molecule has 1 atom stereocenters. The molecule has 0 amide bonds. The first kappa shape index (κ1) is 17.8. The molecule has 0 bridgehead atoms. The monoisotopic (exact) mass is 344 g/mol. The second kappa shape index (κ2) is 7.07. The first-order chi connectivity index (χ1) is 11.7. The predicted molar refractivity (Wildman–Crippen MR) is 88.5 cm³/mol. The van der Waals surface area contributed by atoms with Gasteiger partial charge in [-0.05, 0) is 29.3 Å². The van der Waals surface area contributed by atoms with E-state index in [2.05, 4.69) is 0 Å². The zero-order chi connectivity index (χ0) is 16.6. The summed E-state index contributed by atoms with van der Waals surface area (Å²) in [6.07, 6.45) is 0. The van der Waals surface area contributed by atoms with Crippen molar-refractivity contribution >= 4 is 11.1 Å². The van der Waals surface area contributed by atoms with Crippen molar-refractivity contribution in [2.24, 2.45) is 0 Å². The summed E-state index contributed by atoms with van der Waals surface area (Å²) in [5, 5.41) is 0. The fourth-order valence-corrected chi connectivity index (χ4v) is 3.19. The van der Waals surface area contributed by atoms with Gasteiger partial charge in [0, 0.05) is 16.0 Å². The van der Waals surface area contributed by atoms with Gasteiger partial charge in [-0.2, -0.15) is 0 Å². The first-order valence-electron chi connectivity index (χ1n) is 7.41. The van der Waals surface area contributed by atoms with E-state index >= 15 is 0 Å². The van der Waals surface area contributed by atoms with Gasteiger partial charge in [0.25, 0.3) is 0 Å². The Balaban J connectivity index is 0.00000182. The summed E-state index contributed by atoms with van der Waals surface area (Å²) in [5.74, 6) is -0.213. The molecule has 6 heteroatoms. The van der Waals surface area contributed by atoms with Crippen LogP contribution >= 0.6 is 0 Å². The third-order valence-electron chi connectivity index (χ3n) is 3.92. The average molecular weight is 344 g/mol. The number of benzene rings is 3. The molecule has 1 heterocycles. The van der Waals surface area contributed by atoms with Crippen molar-refractivity contribution in [2.45, 2.75) is 10.7 Å².